The van der Waals surface area contributed by atoms with E-state index >= 15 is 0 Å². The number of nitrogens with zero attached hydrogens (tertiary/aromatic N) is 2. The summed E-state index contributed by atoms with van der Waals surface area (Å²) in [5.74, 6) is 0.0232. The second-order valence-electron chi connectivity index (χ2n) is 5.33. The standard InChI is InChI=1S/C16H21N5O3.ClH/c1-11(7-17)16(23)20-13-8-18-21(9-13)10-15(22)19-12-3-5-14(24-2)6-4-12;/h3-6,8-9,11H,7,10,17H2,1-2H3,(H,19,22)(H,20,23);1H. The first-order valence-corrected chi connectivity index (χ1v) is 7.49. The maximum atomic E-state index is 12.0. The van der Waals surface area contributed by atoms with Crippen LogP contribution in [0.15, 0.2) is 36.7 Å². The van der Waals surface area contributed by atoms with Crippen LogP contribution >= 0.6 is 12.4 Å². The summed E-state index contributed by atoms with van der Waals surface area (Å²) in [6, 6.07) is 7.02. The number of ether oxygens (including phenoxy) is 1. The highest BCUT2D eigenvalue weighted by atomic mass is 35.5. The second kappa shape index (κ2) is 9.65. The van der Waals surface area contributed by atoms with Gasteiger partial charge in [0.05, 0.1) is 19.0 Å². The lowest BCUT2D eigenvalue weighted by molar-refractivity contribution is -0.119. The van der Waals surface area contributed by atoms with E-state index in [2.05, 4.69) is 15.7 Å². The third kappa shape index (κ3) is 6.09. The van der Waals surface area contributed by atoms with Crippen molar-refractivity contribution in [3.8, 4) is 5.75 Å². The number of nitrogens with two attached hydrogens (primary N) is 1. The predicted molar refractivity (Wildman–Crippen MR) is 97.9 cm³/mol. The molecule has 0 saturated heterocycles. The molecule has 0 saturated carbocycles. The van der Waals surface area contributed by atoms with Crippen molar-refractivity contribution in [3.05, 3.63) is 36.7 Å². The third-order valence-corrected chi connectivity index (χ3v) is 3.38. The fourth-order valence-electron chi connectivity index (χ4n) is 1.91. The Hall–Kier alpha value is -2.58. The van der Waals surface area contributed by atoms with E-state index < -0.39 is 0 Å². The zero-order valence-electron chi connectivity index (χ0n) is 14.1. The summed E-state index contributed by atoms with van der Waals surface area (Å²) >= 11 is 0. The summed E-state index contributed by atoms with van der Waals surface area (Å²) in [5, 5.41) is 9.51. The summed E-state index contributed by atoms with van der Waals surface area (Å²) in [4.78, 5) is 23.8. The number of hydrogen-bond donors (Lipinski definition) is 3. The number of methoxy groups -OCH3 is 1. The highest BCUT2D eigenvalue weighted by Gasteiger charge is 2.12. The highest BCUT2D eigenvalue weighted by Crippen LogP contribution is 2.15. The first-order chi connectivity index (χ1) is 11.5. The molecule has 136 valence electrons. The van der Waals surface area contributed by atoms with Gasteiger partial charge in [-0.2, -0.15) is 5.10 Å². The quantitative estimate of drug-likeness (QED) is 0.686. The summed E-state index contributed by atoms with van der Waals surface area (Å²) in [6.07, 6.45) is 3.08. The number of carbonyl (C=O) groups excluding carboxylic acids is 2. The van der Waals surface area contributed by atoms with Crippen molar-refractivity contribution in [1.82, 2.24) is 9.78 Å². The van der Waals surface area contributed by atoms with Crippen LogP contribution in [0.2, 0.25) is 0 Å². The fourth-order valence-corrected chi connectivity index (χ4v) is 1.91. The molecule has 2 amide bonds. The molecule has 2 rings (SSSR count). The number of amides is 2. The van der Waals surface area contributed by atoms with Crippen molar-refractivity contribution in [2.75, 3.05) is 24.3 Å². The van der Waals surface area contributed by atoms with Crippen LogP contribution in [0.1, 0.15) is 6.92 Å². The van der Waals surface area contributed by atoms with Gasteiger partial charge in [0.15, 0.2) is 0 Å². The van der Waals surface area contributed by atoms with Crippen molar-refractivity contribution in [1.29, 1.82) is 0 Å². The molecule has 1 aromatic heterocycles. The Morgan fingerprint density at radius 3 is 2.52 bits per heavy atom. The van der Waals surface area contributed by atoms with Gasteiger partial charge in [0, 0.05) is 24.3 Å². The predicted octanol–water partition coefficient (Wildman–Crippen LogP) is 1.49. The first-order valence-electron chi connectivity index (χ1n) is 7.49. The number of halogens is 1. The molecular weight excluding hydrogens is 346 g/mol. The molecule has 0 fully saturated rings. The Balaban J connectivity index is 0.00000312. The lowest BCUT2D eigenvalue weighted by atomic mass is 10.2. The SMILES string of the molecule is COc1ccc(NC(=O)Cn2cc(NC(=O)C(C)CN)cn2)cc1.Cl. The molecule has 0 spiro atoms. The van der Waals surface area contributed by atoms with E-state index in [-0.39, 0.29) is 43.2 Å². The van der Waals surface area contributed by atoms with Gasteiger partial charge in [-0.05, 0) is 24.3 Å². The summed E-state index contributed by atoms with van der Waals surface area (Å²) in [6.45, 7) is 2.04. The number of aromatic nitrogens is 2. The van der Waals surface area contributed by atoms with E-state index in [0.29, 0.717) is 17.1 Å². The first kappa shape index (κ1) is 20.5. The minimum absolute atomic E-state index is 0. The van der Waals surface area contributed by atoms with Crippen LogP contribution in [-0.2, 0) is 16.1 Å². The van der Waals surface area contributed by atoms with Gasteiger partial charge >= 0.3 is 0 Å². The number of benzene rings is 1. The molecule has 1 atom stereocenters. The lowest BCUT2D eigenvalue weighted by Gasteiger charge is -2.08. The lowest BCUT2D eigenvalue weighted by Crippen LogP contribution is -2.26. The number of hydrogen-bond acceptors (Lipinski definition) is 5. The molecule has 2 aromatic rings. The third-order valence-electron chi connectivity index (χ3n) is 3.38. The summed E-state index contributed by atoms with van der Waals surface area (Å²) in [7, 11) is 1.58. The van der Waals surface area contributed by atoms with Crippen molar-refractivity contribution >= 4 is 35.6 Å². The molecule has 0 aliphatic carbocycles. The molecule has 1 unspecified atom stereocenters. The van der Waals surface area contributed by atoms with Gasteiger partial charge in [0.1, 0.15) is 12.3 Å². The summed E-state index contributed by atoms with van der Waals surface area (Å²) in [5.41, 5.74) is 6.64. The van der Waals surface area contributed by atoms with Crippen molar-refractivity contribution in [3.63, 3.8) is 0 Å². The van der Waals surface area contributed by atoms with E-state index in [1.54, 1.807) is 44.5 Å². The number of anilines is 2. The van der Waals surface area contributed by atoms with Crippen molar-refractivity contribution in [2.24, 2.45) is 11.7 Å². The zero-order valence-corrected chi connectivity index (χ0v) is 14.9. The monoisotopic (exact) mass is 367 g/mol. The normalized spacial score (nSPS) is 11.2. The smallest absolute Gasteiger partial charge is 0.246 e. The van der Waals surface area contributed by atoms with E-state index in [1.165, 1.54) is 10.9 Å². The van der Waals surface area contributed by atoms with Crippen LogP contribution in [0.25, 0.3) is 0 Å². The minimum atomic E-state index is -0.285. The van der Waals surface area contributed by atoms with Gasteiger partial charge < -0.3 is 21.1 Å². The second-order valence-corrected chi connectivity index (χ2v) is 5.33. The van der Waals surface area contributed by atoms with Gasteiger partial charge in [-0.3, -0.25) is 14.3 Å². The van der Waals surface area contributed by atoms with Crippen LogP contribution in [0.4, 0.5) is 11.4 Å². The van der Waals surface area contributed by atoms with Crippen molar-refractivity contribution in [2.45, 2.75) is 13.5 Å². The maximum Gasteiger partial charge on any atom is 0.246 e. The van der Waals surface area contributed by atoms with Gasteiger partial charge in [-0.15, -0.1) is 12.4 Å². The molecule has 9 heteroatoms. The fraction of sp³-hybridized carbons (Fsp3) is 0.312. The topological polar surface area (TPSA) is 111 Å². The molecule has 0 radical (unpaired) electrons. The van der Waals surface area contributed by atoms with E-state index in [9.17, 15) is 9.59 Å². The van der Waals surface area contributed by atoms with Crippen molar-refractivity contribution < 1.29 is 14.3 Å². The molecule has 0 bridgehead atoms. The molecule has 0 aliphatic rings. The van der Waals surface area contributed by atoms with Crippen LogP contribution < -0.4 is 21.1 Å². The largest absolute Gasteiger partial charge is 0.497 e. The average molecular weight is 368 g/mol. The Morgan fingerprint density at radius 1 is 1.24 bits per heavy atom. The number of carbonyl (C=O) groups is 2. The zero-order chi connectivity index (χ0) is 17.5. The molecule has 1 aromatic carbocycles. The Morgan fingerprint density at radius 2 is 1.92 bits per heavy atom. The van der Waals surface area contributed by atoms with E-state index in [4.69, 9.17) is 10.5 Å². The van der Waals surface area contributed by atoms with Crippen LogP contribution in [-0.4, -0.2) is 35.2 Å². The van der Waals surface area contributed by atoms with Gasteiger partial charge in [-0.25, -0.2) is 0 Å². The van der Waals surface area contributed by atoms with Gasteiger partial charge in [-0.1, -0.05) is 6.92 Å². The van der Waals surface area contributed by atoms with Crippen LogP contribution in [0.5, 0.6) is 5.75 Å². The molecule has 4 N–H and O–H groups in total. The van der Waals surface area contributed by atoms with E-state index in [1.807, 2.05) is 0 Å². The Labute approximate surface area is 152 Å². The molecule has 1 heterocycles. The average Bonchev–Trinajstić information content (AvgIpc) is 3.01. The molecule has 25 heavy (non-hydrogen) atoms. The van der Waals surface area contributed by atoms with Gasteiger partial charge in [0.25, 0.3) is 0 Å². The summed E-state index contributed by atoms with van der Waals surface area (Å²) < 4.78 is 6.51. The van der Waals surface area contributed by atoms with Crippen LogP contribution in [0, 0.1) is 5.92 Å². The Kier molecular flexibility index (Phi) is 7.90. The molecule has 0 aliphatic heterocycles. The number of nitrogens with one attached hydrogen (secondary N) is 2. The molecule has 8 nitrogen and oxygen atoms in total. The van der Waals surface area contributed by atoms with Gasteiger partial charge in [0.2, 0.25) is 11.8 Å². The van der Waals surface area contributed by atoms with Crippen LogP contribution in [0.3, 0.4) is 0 Å². The molecular formula is C16H22ClN5O3. The minimum Gasteiger partial charge on any atom is -0.497 e. The Bertz CT molecular complexity index is 702. The highest BCUT2D eigenvalue weighted by molar-refractivity contribution is 5.92. The maximum absolute atomic E-state index is 12.0. The number of rotatable bonds is 7. The van der Waals surface area contributed by atoms with E-state index in [0.717, 1.165) is 0 Å².